The molecule has 0 radical (unpaired) electrons. The number of anilines is 1. The fraction of sp³-hybridized carbons (Fsp3) is 0.385. The van der Waals surface area contributed by atoms with E-state index < -0.39 is 6.10 Å². The van der Waals surface area contributed by atoms with Crippen LogP contribution in [0.4, 0.5) is 10.5 Å². The fourth-order valence-electron chi connectivity index (χ4n) is 2.01. The molecule has 1 atom stereocenters. The molecule has 0 spiro atoms. The number of carbonyl (C=O) groups excluding carboxylic acids is 1. The maximum absolute atomic E-state index is 11.9. The number of hydrogen-bond acceptors (Lipinski definition) is 3. The van der Waals surface area contributed by atoms with Gasteiger partial charge in [0.25, 0.3) is 0 Å². The molecule has 1 aromatic carbocycles. The summed E-state index contributed by atoms with van der Waals surface area (Å²) in [4.78, 5) is 13.5. The highest BCUT2D eigenvalue weighted by Gasteiger charge is 2.21. The van der Waals surface area contributed by atoms with Crippen LogP contribution < -0.4 is 5.32 Å². The van der Waals surface area contributed by atoms with E-state index in [2.05, 4.69) is 5.32 Å². The van der Waals surface area contributed by atoms with E-state index in [9.17, 15) is 9.90 Å². The molecule has 0 aromatic heterocycles. The molecule has 0 aliphatic carbocycles. The van der Waals surface area contributed by atoms with Crippen LogP contribution in [-0.2, 0) is 0 Å². The third-order valence-corrected chi connectivity index (χ3v) is 2.93. The monoisotopic (exact) mass is 245 g/mol. The number of hydrogen-bond donors (Lipinski definition) is 2. The highest BCUT2D eigenvalue weighted by atomic mass is 16.3. The summed E-state index contributed by atoms with van der Waals surface area (Å²) in [6.45, 7) is 1.02. The van der Waals surface area contributed by atoms with Crippen LogP contribution in [0.15, 0.2) is 24.3 Å². The number of aliphatic hydroxyl groups is 1. The number of urea groups is 1. The van der Waals surface area contributed by atoms with Gasteiger partial charge in [0.05, 0.1) is 17.7 Å². The lowest BCUT2D eigenvalue weighted by Crippen LogP contribution is -2.44. The first-order valence-corrected chi connectivity index (χ1v) is 5.93. The minimum Gasteiger partial charge on any atom is -0.391 e. The van der Waals surface area contributed by atoms with Crippen molar-refractivity contribution in [1.29, 1.82) is 5.26 Å². The third-order valence-electron chi connectivity index (χ3n) is 2.93. The van der Waals surface area contributed by atoms with Gasteiger partial charge in [-0.2, -0.15) is 5.26 Å². The standard InChI is InChI=1S/C13H15N3O2/c14-8-10-3-1-4-11(7-10)15-13(18)16-6-2-5-12(17)9-16/h1,3-4,7,12,17H,2,5-6,9H2,(H,15,18). The van der Waals surface area contributed by atoms with Gasteiger partial charge in [-0.3, -0.25) is 0 Å². The second-order valence-corrected chi connectivity index (χ2v) is 4.36. The number of likely N-dealkylation sites (tertiary alicyclic amines) is 1. The van der Waals surface area contributed by atoms with Gasteiger partial charge in [0.1, 0.15) is 0 Å². The number of amides is 2. The lowest BCUT2D eigenvalue weighted by Gasteiger charge is -2.30. The lowest BCUT2D eigenvalue weighted by molar-refractivity contribution is 0.0883. The Morgan fingerprint density at radius 2 is 2.39 bits per heavy atom. The second-order valence-electron chi connectivity index (χ2n) is 4.36. The first kappa shape index (κ1) is 12.4. The molecule has 1 fully saturated rings. The zero-order valence-electron chi connectivity index (χ0n) is 9.97. The molecule has 0 bridgehead atoms. The van der Waals surface area contributed by atoms with Crippen molar-refractivity contribution < 1.29 is 9.90 Å². The third kappa shape index (κ3) is 2.99. The van der Waals surface area contributed by atoms with Crippen LogP contribution in [0.3, 0.4) is 0 Å². The number of aliphatic hydroxyl groups excluding tert-OH is 1. The van der Waals surface area contributed by atoms with E-state index in [4.69, 9.17) is 5.26 Å². The maximum Gasteiger partial charge on any atom is 0.321 e. The maximum atomic E-state index is 11.9. The first-order valence-electron chi connectivity index (χ1n) is 5.93. The quantitative estimate of drug-likeness (QED) is 0.788. The lowest BCUT2D eigenvalue weighted by atomic mass is 10.1. The summed E-state index contributed by atoms with van der Waals surface area (Å²) in [5.41, 5.74) is 1.10. The van der Waals surface area contributed by atoms with Gasteiger partial charge in [-0.1, -0.05) is 6.07 Å². The molecular formula is C13H15N3O2. The molecule has 1 aromatic rings. The SMILES string of the molecule is N#Cc1cccc(NC(=O)N2CCCC(O)C2)c1. The van der Waals surface area contributed by atoms with Gasteiger partial charge in [-0.05, 0) is 31.0 Å². The van der Waals surface area contributed by atoms with E-state index >= 15 is 0 Å². The molecule has 5 nitrogen and oxygen atoms in total. The highest BCUT2D eigenvalue weighted by molar-refractivity contribution is 5.89. The zero-order chi connectivity index (χ0) is 13.0. The molecular weight excluding hydrogens is 230 g/mol. The molecule has 94 valence electrons. The molecule has 1 unspecified atom stereocenters. The number of piperidine rings is 1. The molecule has 5 heteroatoms. The predicted molar refractivity (Wildman–Crippen MR) is 67.0 cm³/mol. The van der Waals surface area contributed by atoms with Crippen LogP contribution >= 0.6 is 0 Å². The van der Waals surface area contributed by atoms with Crippen molar-refractivity contribution in [3.05, 3.63) is 29.8 Å². The molecule has 1 saturated heterocycles. The summed E-state index contributed by atoms with van der Waals surface area (Å²) in [5.74, 6) is 0. The Morgan fingerprint density at radius 1 is 1.56 bits per heavy atom. The summed E-state index contributed by atoms with van der Waals surface area (Å²) in [5, 5.41) is 21.0. The van der Waals surface area contributed by atoms with Crippen LogP contribution in [0.25, 0.3) is 0 Å². The predicted octanol–water partition coefficient (Wildman–Crippen LogP) is 1.55. The summed E-state index contributed by atoms with van der Waals surface area (Å²) >= 11 is 0. The highest BCUT2D eigenvalue weighted by Crippen LogP contribution is 2.14. The van der Waals surface area contributed by atoms with Crippen molar-refractivity contribution in [3.63, 3.8) is 0 Å². The Bertz CT molecular complexity index is 481. The first-order chi connectivity index (χ1) is 8.69. The van der Waals surface area contributed by atoms with Gasteiger partial charge in [0, 0.05) is 18.8 Å². The summed E-state index contributed by atoms with van der Waals surface area (Å²) in [6.07, 6.45) is 1.12. The van der Waals surface area contributed by atoms with Crippen molar-refractivity contribution in [3.8, 4) is 6.07 Å². The van der Waals surface area contributed by atoms with Crippen molar-refractivity contribution in [2.45, 2.75) is 18.9 Å². The van der Waals surface area contributed by atoms with Crippen LogP contribution in [0, 0.1) is 11.3 Å². The minimum atomic E-state index is -0.435. The second kappa shape index (κ2) is 5.52. The van der Waals surface area contributed by atoms with Gasteiger partial charge in [0.15, 0.2) is 0 Å². The number of benzene rings is 1. The Morgan fingerprint density at radius 3 is 3.11 bits per heavy atom. The minimum absolute atomic E-state index is 0.233. The number of rotatable bonds is 1. The molecule has 0 saturated carbocycles. The number of nitrogens with one attached hydrogen (secondary N) is 1. The molecule has 1 heterocycles. The van der Waals surface area contributed by atoms with E-state index in [1.54, 1.807) is 29.2 Å². The van der Waals surface area contributed by atoms with Crippen molar-refractivity contribution >= 4 is 11.7 Å². The van der Waals surface area contributed by atoms with Crippen LogP contribution in [0.1, 0.15) is 18.4 Å². The molecule has 2 amide bonds. The van der Waals surface area contributed by atoms with Gasteiger partial charge in [-0.25, -0.2) is 4.79 Å². The zero-order valence-corrected chi connectivity index (χ0v) is 9.97. The van der Waals surface area contributed by atoms with Crippen molar-refractivity contribution in [2.24, 2.45) is 0 Å². The summed E-state index contributed by atoms with van der Waals surface area (Å²) in [7, 11) is 0. The largest absolute Gasteiger partial charge is 0.391 e. The van der Waals surface area contributed by atoms with Crippen molar-refractivity contribution in [2.75, 3.05) is 18.4 Å². The van der Waals surface area contributed by atoms with Gasteiger partial charge < -0.3 is 15.3 Å². The summed E-state index contributed by atoms with van der Waals surface area (Å²) < 4.78 is 0. The number of carbonyl (C=O) groups is 1. The molecule has 18 heavy (non-hydrogen) atoms. The number of β-amino-alcohol motifs (C(OH)–C–C–N with tert-alkyl or cyclic N) is 1. The van der Waals surface area contributed by atoms with Crippen LogP contribution in [0.2, 0.25) is 0 Å². The molecule has 1 aliphatic heterocycles. The van der Waals surface area contributed by atoms with Crippen LogP contribution in [0.5, 0.6) is 0 Å². The Hall–Kier alpha value is -2.06. The molecule has 2 rings (SSSR count). The van der Waals surface area contributed by atoms with Gasteiger partial charge in [0.2, 0.25) is 0 Å². The molecule has 1 aliphatic rings. The van der Waals surface area contributed by atoms with E-state index in [0.717, 1.165) is 12.8 Å². The summed E-state index contributed by atoms with van der Waals surface area (Å²) in [6, 6.07) is 8.55. The van der Waals surface area contributed by atoms with E-state index in [-0.39, 0.29) is 6.03 Å². The van der Waals surface area contributed by atoms with E-state index in [1.807, 2.05) is 6.07 Å². The van der Waals surface area contributed by atoms with Gasteiger partial charge >= 0.3 is 6.03 Å². The average molecular weight is 245 g/mol. The Kier molecular flexibility index (Phi) is 3.80. The normalized spacial score (nSPS) is 19.1. The Labute approximate surface area is 106 Å². The van der Waals surface area contributed by atoms with Crippen LogP contribution in [-0.4, -0.2) is 35.2 Å². The topological polar surface area (TPSA) is 76.4 Å². The average Bonchev–Trinajstić information content (AvgIpc) is 2.39. The number of nitrogens with zero attached hydrogens (tertiary/aromatic N) is 2. The fourth-order valence-corrected chi connectivity index (χ4v) is 2.01. The van der Waals surface area contributed by atoms with Crippen molar-refractivity contribution in [1.82, 2.24) is 4.90 Å². The number of nitriles is 1. The smallest absolute Gasteiger partial charge is 0.321 e. The van der Waals surface area contributed by atoms with E-state index in [0.29, 0.717) is 24.3 Å². The Balaban J connectivity index is 2.00. The van der Waals surface area contributed by atoms with E-state index in [1.165, 1.54) is 0 Å². The van der Waals surface area contributed by atoms with Gasteiger partial charge in [-0.15, -0.1) is 0 Å². The molecule has 2 N–H and O–H groups in total.